The van der Waals surface area contributed by atoms with E-state index in [-0.39, 0.29) is 31.1 Å². The van der Waals surface area contributed by atoms with E-state index < -0.39 is 6.10 Å². The van der Waals surface area contributed by atoms with E-state index in [1.54, 1.807) is 0 Å². The van der Waals surface area contributed by atoms with Gasteiger partial charge in [0.15, 0.2) is 6.10 Å². The molecule has 0 radical (unpaired) electrons. The molecule has 412 valence electrons. The maximum Gasteiger partial charge on any atom is 0.306 e. The van der Waals surface area contributed by atoms with Crippen LogP contribution in [-0.2, 0) is 28.6 Å². The fraction of sp³-hybridized carbons (Fsp3) is 0.891. The lowest BCUT2D eigenvalue weighted by atomic mass is 10.0. The first-order valence-electron chi connectivity index (χ1n) is 31.3. The third-order valence-corrected chi connectivity index (χ3v) is 14.2. The Balaban J connectivity index is 4.33. The summed E-state index contributed by atoms with van der Waals surface area (Å²) in [5, 5.41) is 0. The molecule has 6 heteroatoms. The molecule has 0 saturated carbocycles. The van der Waals surface area contributed by atoms with E-state index in [1.165, 1.54) is 250 Å². The number of carbonyl (C=O) groups excluding carboxylic acids is 3. The molecule has 0 spiro atoms. The van der Waals surface area contributed by atoms with Gasteiger partial charge in [0.2, 0.25) is 0 Å². The molecular weight excluding hydrogens is 865 g/mol. The van der Waals surface area contributed by atoms with Crippen LogP contribution >= 0.6 is 0 Å². The molecular formula is C64H120O6. The number of carbonyl (C=O) groups is 3. The monoisotopic (exact) mass is 985 g/mol. The first-order chi connectivity index (χ1) is 34.5. The summed E-state index contributed by atoms with van der Waals surface area (Å²) in [5.41, 5.74) is 0. The maximum absolute atomic E-state index is 12.9. The van der Waals surface area contributed by atoms with E-state index in [1.807, 2.05) is 0 Å². The van der Waals surface area contributed by atoms with E-state index in [4.69, 9.17) is 14.2 Å². The third kappa shape index (κ3) is 56.8. The molecule has 6 nitrogen and oxygen atoms in total. The van der Waals surface area contributed by atoms with Crippen molar-refractivity contribution in [2.24, 2.45) is 0 Å². The Morgan fingerprint density at radius 1 is 0.271 bits per heavy atom. The Morgan fingerprint density at radius 2 is 0.471 bits per heavy atom. The Hall–Kier alpha value is -2.11. The second kappa shape index (κ2) is 59.5. The van der Waals surface area contributed by atoms with E-state index in [2.05, 4.69) is 45.1 Å². The Bertz CT molecular complexity index is 1130. The van der Waals surface area contributed by atoms with Gasteiger partial charge in [-0.1, -0.05) is 283 Å². The Morgan fingerprint density at radius 3 is 0.714 bits per heavy atom. The van der Waals surface area contributed by atoms with Crippen LogP contribution in [-0.4, -0.2) is 37.2 Å². The van der Waals surface area contributed by atoms with Crippen molar-refractivity contribution < 1.29 is 28.6 Å². The number of esters is 3. The second-order valence-electron chi connectivity index (χ2n) is 21.3. The number of allylic oxidation sites excluding steroid dienone is 4. The lowest BCUT2D eigenvalue weighted by Gasteiger charge is -2.18. The predicted molar refractivity (Wildman–Crippen MR) is 303 cm³/mol. The van der Waals surface area contributed by atoms with Crippen LogP contribution in [0.25, 0.3) is 0 Å². The molecule has 0 aliphatic carbocycles. The van der Waals surface area contributed by atoms with Crippen molar-refractivity contribution in [2.75, 3.05) is 13.2 Å². The fourth-order valence-electron chi connectivity index (χ4n) is 9.44. The lowest BCUT2D eigenvalue weighted by molar-refractivity contribution is -0.167. The summed E-state index contributed by atoms with van der Waals surface area (Å²) in [7, 11) is 0. The Kier molecular flexibility index (Phi) is 57.7. The van der Waals surface area contributed by atoms with Crippen molar-refractivity contribution in [3.8, 4) is 0 Å². The van der Waals surface area contributed by atoms with Crippen LogP contribution < -0.4 is 0 Å². The largest absolute Gasteiger partial charge is 0.462 e. The van der Waals surface area contributed by atoms with Gasteiger partial charge in [-0.25, -0.2) is 0 Å². The topological polar surface area (TPSA) is 78.9 Å². The van der Waals surface area contributed by atoms with Crippen LogP contribution in [0.5, 0.6) is 0 Å². The van der Waals surface area contributed by atoms with Crippen LogP contribution in [0.4, 0.5) is 0 Å². The summed E-state index contributed by atoms with van der Waals surface area (Å²) >= 11 is 0. The van der Waals surface area contributed by atoms with Gasteiger partial charge in [0.1, 0.15) is 13.2 Å². The molecule has 0 aliphatic rings. The average Bonchev–Trinajstić information content (AvgIpc) is 3.36. The van der Waals surface area contributed by atoms with Gasteiger partial charge in [-0.2, -0.15) is 0 Å². The second-order valence-corrected chi connectivity index (χ2v) is 21.3. The fourth-order valence-corrected chi connectivity index (χ4v) is 9.44. The van der Waals surface area contributed by atoms with Crippen molar-refractivity contribution in [1.82, 2.24) is 0 Å². The Labute approximate surface area is 436 Å². The molecule has 0 N–H and O–H groups in total. The molecule has 70 heavy (non-hydrogen) atoms. The quantitative estimate of drug-likeness (QED) is 0.0261. The summed E-state index contributed by atoms with van der Waals surface area (Å²) in [5.74, 6) is -0.853. The first-order valence-corrected chi connectivity index (χ1v) is 31.3. The van der Waals surface area contributed by atoms with E-state index in [9.17, 15) is 14.4 Å². The van der Waals surface area contributed by atoms with Crippen LogP contribution in [0.15, 0.2) is 24.3 Å². The van der Waals surface area contributed by atoms with Crippen LogP contribution in [0.3, 0.4) is 0 Å². The molecule has 0 rings (SSSR count). The van der Waals surface area contributed by atoms with E-state index in [0.29, 0.717) is 19.3 Å². The summed E-state index contributed by atoms with van der Waals surface area (Å²) in [4.78, 5) is 38.3. The minimum absolute atomic E-state index is 0.0695. The van der Waals surface area contributed by atoms with Gasteiger partial charge in [0.25, 0.3) is 0 Å². The molecule has 0 fully saturated rings. The van der Waals surface area contributed by atoms with Gasteiger partial charge in [-0.05, 0) is 70.6 Å². The van der Waals surface area contributed by atoms with Crippen molar-refractivity contribution in [3.05, 3.63) is 24.3 Å². The molecule has 0 heterocycles. The zero-order chi connectivity index (χ0) is 50.7. The normalized spacial score (nSPS) is 12.1. The lowest BCUT2D eigenvalue weighted by Crippen LogP contribution is -2.30. The van der Waals surface area contributed by atoms with Crippen molar-refractivity contribution in [1.29, 1.82) is 0 Å². The summed E-state index contributed by atoms with van der Waals surface area (Å²) < 4.78 is 16.9. The first kappa shape index (κ1) is 67.9. The minimum Gasteiger partial charge on any atom is -0.462 e. The predicted octanol–water partition coefficient (Wildman–Crippen LogP) is 21.1. The molecule has 1 unspecified atom stereocenters. The van der Waals surface area contributed by atoms with Crippen LogP contribution in [0.2, 0.25) is 0 Å². The third-order valence-electron chi connectivity index (χ3n) is 14.2. The summed E-state index contributed by atoms with van der Waals surface area (Å²) in [6, 6.07) is 0. The van der Waals surface area contributed by atoms with Crippen molar-refractivity contribution >= 4 is 17.9 Å². The highest BCUT2D eigenvalue weighted by Crippen LogP contribution is 2.17. The molecule has 0 aromatic carbocycles. The van der Waals surface area contributed by atoms with Gasteiger partial charge >= 0.3 is 17.9 Å². The highest BCUT2D eigenvalue weighted by atomic mass is 16.6. The van der Waals surface area contributed by atoms with Gasteiger partial charge in [-0.15, -0.1) is 0 Å². The maximum atomic E-state index is 12.9. The molecule has 0 amide bonds. The smallest absolute Gasteiger partial charge is 0.306 e. The van der Waals surface area contributed by atoms with Gasteiger partial charge < -0.3 is 14.2 Å². The molecule has 0 aliphatic heterocycles. The molecule has 0 saturated heterocycles. The SMILES string of the molecule is CCCCCCCC/C=C\CCCCCCCCCC(=O)OC(COC(=O)CCCCCCCCC/C=C\CCCCCCCCCC)COC(=O)CCCCCCCCCCCCCCCCCC. The number of ether oxygens (including phenoxy) is 3. The van der Waals surface area contributed by atoms with Crippen LogP contribution in [0, 0.1) is 0 Å². The zero-order valence-electron chi connectivity index (χ0n) is 47.3. The average molecular weight is 986 g/mol. The van der Waals surface area contributed by atoms with E-state index >= 15 is 0 Å². The number of hydrogen-bond donors (Lipinski definition) is 0. The number of rotatable bonds is 58. The highest BCUT2D eigenvalue weighted by molar-refractivity contribution is 5.71. The summed E-state index contributed by atoms with van der Waals surface area (Å²) in [6.45, 7) is 6.69. The zero-order valence-corrected chi connectivity index (χ0v) is 47.3. The molecule has 0 bridgehead atoms. The van der Waals surface area contributed by atoms with Gasteiger partial charge in [0, 0.05) is 19.3 Å². The van der Waals surface area contributed by atoms with Crippen molar-refractivity contribution in [2.45, 2.75) is 354 Å². The van der Waals surface area contributed by atoms with Crippen LogP contribution in [0.1, 0.15) is 348 Å². The van der Waals surface area contributed by atoms with Gasteiger partial charge in [0.05, 0.1) is 0 Å². The van der Waals surface area contributed by atoms with Crippen molar-refractivity contribution in [3.63, 3.8) is 0 Å². The number of hydrogen-bond acceptors (Lipinski definition) is 6. The molecule has 0 aromatic rings. The standard InChI is InChI=1S/C64H120O6/c1-4-7-10-13-16-19-22-25-28-31-32-34-36-39-42-45-48-51-54-57-63(66)69-60-61(59-68-62(65)56-53-50-47-44-41-38-35-30-27-24-21-18-15-12-9-6-3)70-64(67)58-55-52-49-46-43-40-37-33-29-26-23-20-17-14-11-8-5-2/h26,29,31-32,61H,4-25,27-28,30,33-60H2,1-3H3/b29-26-,32-31-. The van der Waals surface area contributed by atoms with Gasteiger partial charge in [-0.3, -0.25) is 14.4 Å². The minimum atomic E-state index is -0.772. The molecule has 0 aromatic heterocycles. The highest BCUT2D eigenvalue weighted by Gasteiger charge is 2.19. The molecule has 1 atom stereocenters. The van der Waals surface area contributed by atoms with E-state index in [0.717, 1.165) is 57.8 Å². The number of unbranched alkanes of at least 4 members (excludes halogenated alkanes) is 43. The summed E-state index contributed by atoms with van der Waals surface area (Å²) in [6.07, 6.45) is 70.3.